The standard InChI is InChI=1S/C14H16Cl2N2/c1-2-4-9-7-12(9)18-13(8-15)17-11-6-3-5-10(16)14(11)18/h3,5-6,9,12H,2,4,7-8H2,1H3. The number of hydrogen-bond donors (Lipinski definition) is 0. The number of hydrogen-bond acceptors (Lipinski definition) is 1. The van der Waals surface area contributed by atoms with Crippen LogP contribution in [0.25, 0.3) is 11.0 Å². The van der Waals surface area contributed by atoms with E-state index in [9.17, 15) is 0 Å². The molecule has 18 heavy (non-hydrogen) atoms. The number of halogens is 2. The molecule has 1 aliphatic carbocycles. The minimum atomic E-state index is 0.445. The molecule has 1 aromatic carbocycles. The SMILES string of the molecule is CCCC1CC1n1c(CCl)nc2cccc(Cl)c21. The van der Waals surface area contributed by atoms with Gasteiger partial charge in [-0.3, -0.25) is 0 Å². The Labute approximate surface area is 117 Å². The Kier molecular flexibility index (Phi) is 3.25. The molecule has 0 amide bonds. The fraction of sp³-hybridized carbons (Fsp3) is 0.500. The summed E-state index contributed by atoms with van der Waals surface area (Å²) >= 11 is 12.4. The first kappa shape index (κ1) is 12.3. The van der Waals surface area contributed by atoms with Gasteiger partial charge in [-0.05, 0) is 30.9 Å². The molecule has 2 atom stereocenters. The Morgan fingerprint density at radius 3 is 3.00 bits per heavy atom. The molecule has 1 fully saturated rings. The van der Waals surface area contributed by atoms with E-state index < -0.39 is 0 Å². The second-order valence-electron chi connectivity index (χ2n) is 4.99. The van der Waals surface area contributed by atoms with Crippen molar-refractivity contribution in [2.24, 2.45) is 5.92 Å². The number of alkyl halides is 1. The van der Waals surface area contributed by atoms with Crippen LogP contribution in [0.5, 0.6) is 0 Å². The molecule has 1 aliphatic rings. The molecule has 0 saturated heterocycles. The van der Waals surface area contributed by atoms with Gasteiger partial charge in [0.15, 0.2) is 0 Å². The molecule has 0 bridgehead atoms. The van der Waals surface area contributed by atoms with Crippen molar-refractivity contribution in [3.8, 4) is 0 Å². The van der Waals surface area contributed by atoms with Crippen LogP contribution >= 0.6 is 23.2 Å². The van der Waals surface area contributed by atoms with E-state index in [0.29, 0.717) is 11.9 Å². The third kappa shape index (κ3) is 1.92. The van der Waals surface area contributed by atoms with E-state index in [-0.39, 0.29) is 0 Å². The maximum atomic E-state index is 6.33. The highest BCUT2D eigenvalue weighted by atomic mass is 35.5. The minimum absolute atomic E-state index is 0.445. The zero-order chi connectivity index (χ0) is 12.7. The monoisotopic (exact) mass is 282 g/mol. The summed E-state index contributed by atoms with van der Waals surface area (Å²) in [6, 6.07) is 6.42. The van der Waals surface area contributed by atoms with Crippen LogP contribution in [0, 0.1) is 5.92 Å². The van der Waals surface area contributed by atoms with E-state index in [4.69, 9.17) is 23.2 Å². The van der Waals surface area contributed by atoms with Crippen LogP contribution in [0.4, 0.5) is 0 Å². The third-order valence-electron chi connectivity index (χ3n) is 3.73. The summed E-state index contributed by atoms with van der Waals surface area (Å²) in [6.45, 7) is 2.23. The van der Waals surface area contributed by atoms with Gasteiger partial charge in [-0.15, -0.1) is 11.6 Å². The average molecular weight is 283 g/mol. The molecule has 1 aromatic heterocycles. The van der Waals surface area contributed by atoms with E-state index in [1.807, 2.05) is 18.2 Å². The van der Waals surface area contributed by atoms with Gasteiger partial charge in [-0.25, -0.2) is 4.98 Å². The molecule has 1 heterocycles. The van der Waals surface area contributed by atoms with Crippen molar-refractivity contribution in [3.63, 3.8) is 0 Å². The second kappa shape index (κ2) is 4.75. The fourth-order valence-corrected chi connectivity index (χ4v) is 3.28. The topological polar surface area (TPSA) is 17.8 Å². The van der Waals surface area contributed by atoms with Crippen LogP contribution in [0.3, 0.4) is 0 Å². The Morgan fingerprint density at radius 2 is 2.28 bits per heavy atom. The maximum Gasteiger partial charge on any atom is 0.125 e. The van der Waals surface area contributed by atoms with E-state index in [1.165, 1.54) is 19.3 Å². The highest BCUT2D eigenvalue weighted by Gasteiger charge is 2.39. The summed E-state index contributed by atoms with van der Waals surface area (Å²) in [6.07, 6.45) is 3.74. The van der Waals surface area contributed by atoms with Crippen molar-refractivity contribution in [2.45, 2.75) is 38.1 Å². The van der Waals surface area contributed by atoms with Crippen LogP contribution in [0.2, 0.25) is 5.02 Å². The molecule has 0 aliphatic heterocycles. The van der Waals surface area contributed by atoms with Crippen LogP contribution in [-0.2, 0) is 5.88 Å². The lowest BCUT2D eigenvalue weighted by atomic mass is 10.2. The van der Waals surface area contributed by atoms with Crippen LogP contribution in [0.1, 0.15) is 38.1 Å². The molecule has 0 spiro atoms. The first-order chi connectivity index (χ1) is 8.76. The number of imidazole rings is 1. The van der Waals surface area contributed by atoms with Gasteiger partial charge in [0.1, 0.15) is 5.82 Å². The zero-order valence-electron chi connectivity index (χ0n) is 10.4. The van der Waals surface area contributed by atoms with Gasteiger partial charge in [-0.1, -0.05) is 31.0 Å². The quantitative estimate of drug-likeness (QED) is 0.738. The van der Waals surface area contributed by atoms with Gasteiger partial charge >= 0.3 is 0 Å². The second-order valence-corrected chi connectivity index (χ2v) is 5.67. The molecule has 3 rings (SSSR count). The molecular formula is C14H16Cl2N2. The first-order valence-corrected chi connectivity index (χ1v) is 7.38. The Morgan fingerprint density at radius 1 is 1.44 bits per heavy atom. The summed E-state index contributed by atoms with van der Waals surface area (Å²) in [5.74, 6) is 2.16. The molecule has 4 heteroatoms. The lowest BCUT2D eigenvalue weighted by Gasteiger charge is -2.08. The first-order valence-electron chi connectivity index (χ1n) is 6.47. The Hall–Kier alpha value is -0.730. The lowest BCUT2D eigenvalue weighted by molar-refractivity contribution is 0.606. The van der Waals surface area contributed by atoms with Crippen molar-refractivity contribution in [1.82, 2.24) is 9.55 Å². The lowest BCUT2D eigenvalue weighted by Crippen LogP contribution is -2.01. The normalized spacial score (nSPS) is 22.6. The number of para-hydroxylation sites is 1. The van der Waals surface area contributed by atoms with E-state index in [1.54, 1.807) is 0 Å². The van der Waals surface area contributed by atoms with Gasteiger partial charge in [0.2, 0.25) is 0 Å². The number of nitrogens with zero attached hydrogens (tertiary/aromatic N) is 2. The van der Waals surface area contributed by atoms with E-state index >= 15 is 0 Å². The zero-order valence-corrected chi connectivity index (χ0v) is 11.9. The van der Waals surface area contributed by atoms with Crippen LogP contribution < -0.4 is 0 Å². The maximum absolute atomic E-state index is 6.33. The van der Waals surface area contributed by atoms with Gasteiger partial charge in [0.25, 0.3) is 0 Å². The Balaban J connectivity index is 2.09. The third-order valence-corrected chi connectivity index (χ3v) is 4.27. The Bertz CT molecular complexity index is 576. The molecule has 1 saturated carbocycles. The fourth-order valence-electron chi connectivity index (χ4n) is 2.83. The van der Waals surface area contributed by atoms with Gasteiger partial charge in [0, 0.05) is 6.04 Å². The number of fused-ring (bicyclic) bond motifs is 1. The minimum Gasteiger partial charge on any atom is -0.322 e. The summed E-state index contributed by atoms with van der Waals surface area (Å²) in [7, 11) is 0. The average Bonchev–Trinajstić information content (AvgIpc) is 3.00. The van der Waals surface area contributed by atoms with Crippen molar-refractivity contribution in [1.29, 1.82) is 0 Å². The van der Waals surface area contributed by atoms with Crippen molar-refractivity contribution in [3.05, 3.63) is 29.0 Å². The van der Waals surface area contributed by atoms with Gasteiger partial charge in [-0.2, -0.15) is 0 Å². The summed E-state index contributed by atoms with van der Waals surface area (Å²) in [4.78, 5) is 4.59. The summed E-state index contributed by atoms with van der Waals surface area (Å²) in [5, 5.41) is 0.776. The smallest absolute Gasteiger partial charge is 0.125 e. The predicted octanol–water partition coefficient (Wildman–Crippen LogP) is 4.79. The summed E-state index contributed by atoms with van der Waals surface area (Å²) < 4.78 is 2.27. The largest absolute Gasteiger partial charge is 0.322 e. The molecule has 2 unspecified atom stereocenters. The van der Waals surface area contributed by atoms with Crippen molar-refractivity contribution >= 4 is 34.2 Å². The number of aromatic nitrogens is 2. The van der Waals surface area contributed by atoms with Gasteiger partial charge in [0.05, 0.1) is 21.9 Å². The number of benzene rings is 1. The van der Waals surface area contributed by atoms with E-state index in [0.717, 1.165) is 27.8 Å². The molecular weight excluding hydrogens is 267 g/mol. The predicted molar refractivity (Wildman–Crippen MR) is 76.4 cm³/mol. The van der Waals surface area contributed by atoms with E-state index in [2.05, 4.69) is 16.5 Å². The molecule has 0 radical (unpaired) electrons. The molecule has 96 valence electrons. The van der Waals surface area contributed by atoms with Gasteiger partial charge < -0.3 is 4.57 Å². The van der Waals surface area contributed by atoms with Crippen LogP contribution in [0.15, 0.2) is 18.2 Å². The molecule has 2 aromatic rings. The van der Waals surface area contributed by atoms with Crippen molar-refractivity contribution < 1.29 is 0 Å². The number of rotatable bonds is 4. The molecule has 0 N–H and O–H groups in total. The highest BCUT2D eigenvalue weighted by molar-refractivity contribution is 6.35. The molecule has 2 nitrogen and oxygen atoms in total. The summed E-state index contributed by atoms with van der Waals surface area (Å²) in [5.41, 5.74) is 2.01. The van der Waals surface area contributed by atoms with Crippen molar-refractivity contribution in [2.75, 3.05) is 0 Å². The van der Waals surface area contributed by atoms with Crippen LogP contribution in [-0.4, -0.2) is 9.55 Å². The highest BCUT2D eigenvalue weighted by Crippen LogP contribution is 2.49.